The van der Waals surface area contributed by atoms with Crippen molar-refractivity contribution in [3.63, 3.8) is 0 Å². The Balaban J connectivity index is 2.60. The minimum atomic E-state index is -1.04. The fourth-order valence-corrected chi connectivity index (χ4v) is 1.56. The normalized spacial score (nSPS) is 43.5. The van der Waals surface area contributed by atoms with Crippen LogP contribution in [0, 0.1) is 0 Å². The molecule has 0 aliphatic carbocycles. The average molecular weight is 175 g/mol. The van der Waals surface area contributed by atoms with Crippen LogP contribution in [-0.4, -0.2) is 53.7 Å². The van der Waals surface area contributed by atoms with E-state index in [0.29, 0.717) is 0 Å². The molecule has 0 saturated carbocycles. The highest BCUT2D eigenvalue weighted by molar-refractivity contribution is 4.84. The summed E-state index contributed by atoms with van der Waals surface area (Å²) in [6.45, 7) is 1.89. The maximum Gasteiger partial charge on any atom is 0.182 e. The second-order valence-electron chi connectivity index (χ2n) is 3.59. The van der Waals surface area contributed by atoms with Gasteiger partial charge in [-0.3, -0.25) is 0 Å². The summed E-state index contributed by atoms with van der Waals surface area (Å²) in [6, 6.07) is -0.0104. The number of likely N-dealkylation sites (N-methyl/N-ethyl adjacent to an activating group) is 1. The van der Waals surface area contributed by atoms with Gasteiger partial charge in [-0.05, 0) is 27.4 Å². The number of rotatable bonds is 1. The zero-order valence-electron chi connectivity index (χ0n) is 7.77. The van der Waals surface area contributed by atoms with Crippen LogP contribution in [0.4, 0.5) is 0 Å². The minimum Gasteiger partial charge on any atom is -0.386 e. The molecule has 0 aromatic carbocycles. The topological polar surface area (TPSA) is 52.9 Å². The lowest BCUT2D eigenvalue weighted by atomic mass is 9.99. The van der Waals surface area contributed by atoms with Crippen LogP contribution in [0.15, 0.2) is 0 Å². The van der Waals surface area contributed by atoms with Crippen molar-refractivity contribution in [3.8, 4) is 0 Å². The van der Waals surface area contributed by atoms with Crippen LogP contribution in [0.1, 0.15) is 13.3 Å². The molecule has 1 saturated heterocycles. The van der Waals surface area contributed by atoms with Crippen molar-refractivity contribution in [3.05, 3.63) is 0 Å². The van der Waals surface area contributed by atoms with Crippen LogP contribution in [-0.2, 0) is 4.74 Å². The molecule has 1 aliphatic heterocycles. The lowest BCUT2D eigenvalue weighted by molar-refractivity contribution is -0.230. The fraction of sp³-hybridized carbons (Fsp3) is 1.00. The van der Waals surface area contributed by atoms with Gasteiger partial charge >= 0.3 is 0 Å². The van der Waals surface area contributed by atoms with Crippen LogP contribution in [0.25, 0.3) is 0 Å². The van der Waals surface area contributed by atoms with E-state index in [9.17, 15) is 10.2 Å². The third-order valence-corrected chi connectivity index (χ3v) is 2.29. The Kier molecular flexibility index (Phi) is 3.06. The Morgan fingerprint density at radius 3 is 2.42 bits per heavy atom. The smallest absolute Gasteiger partial charge is 0.182 e. The Labute approximate surface area is 72.7 Å². The van der Waals surface area contributed by atoms with Crippen molar-refractivity contribution in [2.24, 2.45) is 0 Å². The Morgan fingerprint density at radius 2 is 1.92 bits per heavy atom. The maximum absolute atomic E-state index is 9.51. The summed E-state index contributed by atoms with van der Waals surface area (Å²) in [4.78, 5) is 1.91. The van der Waals surface area contributed by atoms with Crippen molar-refractivity contribution in [2.45, 2.75) is 37.9 Å². The zero-order valence-corrected chi connectivity index (χ0v) is 7.77. The van der Waals surface area contributed by atoms with E-state index in [4.69, 9.17) is 4.74 Å². The van der Waals surface area contributed by atoms with Gasteiger partial charge in [-0.25, -0.2) is 0 Å². The molecule has 4 nitrogen and oxygen atoms in total. The van der Waals surface area contributed by atoms with E-state index in [-0.39, 0.29) is 12.1 Å². The minimum absolute atomic E-state index is 0.01000. The molecule has 0 aromatic rings. The standard InChI is InChI=1S/C8H17NO3/c1-5-4-6(9(2)3)7(10)8(11)12-5/h5-8,10-11H,4H2,1-3H3/t5-,6?,7?,8+/m1/s1. The number of ether oxygens (including phenoxy) is 1. The molecule has 12 heavy (non-hydrogen) atoms. The van der Waals surface area contributed by atoms with Crippen LogP contribution < -0.4 is 0 Å². The number of aliphatic hydroxyl groups is 2. The average Bonchev–Trinajstić information content (AvgIpc) is 1.96. The molecule has 1 rings (SSSR count). The van der Waals surface area contributed by atoms with Gasteiger partial charge in [-0.1, -0.05) is 0 Å². The highest BCUT2D eigenvalue weighted by Gasteiger charge is 2.35. The van der Waals surface area contributed by atoms with E-state index in [1.54, 1.807) is 0 Å². The molecule has 0 bridgehead atoms. The number of hydrogen-bond donors (Lipinski definition) is 2. The van der Waals surface area contributed by atoms with Crippen molar-refractivity contribution in [1.29, 1.82) is 0 Å². The third kappa shape index (κ3) is 1.95. The van der Waals surface area contributed by atoms with Crippen LogP contribution in [0.5, 0.6) is 0 Å². The van der Waals surface area contributed by atoms with Gasteiger partial charge in [0, 0.05) is 6.04 Å². The third-order valence-electron chi connectivity index (χ3n) is 2.29. The number of hydrogen-bond acceptors (Lipinski definition) is 4. The summed E-state index contributed by atoms with van der Waals surface area (Å²) in [5, 5.41) is 18.8. The van der Waals surface area contributed by atoms with E-state index < -0.39 is 12.4 Å². The highest BCUT2D eigenvalue weighted by atomic mass is 16.6. The molecule has 0 aromatic heterocycles. The van der Waals surface area contributed by atoms with Gasteiger partial charge in [-0.15, -0.1) is 0 Å². The Bertz CT molecular complexity index is 151. The van der Waals surface area contributed by atoms with Crippen LogP contribution in [0.2, 0.25) is 0 Å². The molecule has 0 amide bonds. The fourth-order valence-electron chi connectivity index (χ4n) is 1.56. The first-order valence-corrected chi connectivity index (χ1v) is 4.20. The first-order chi connectivity index (χ1) is 5.52. The second kappa shape index (κ2) is 3.70. The number of aliphatic hydroxyl groups excluding tert-OH is 2. The van der Waals surface area contributed by atoms with Crippen LogP contribution in [0.3, 0.4) is 0 Å². The molecule has 4 atom stereocenters. The van der Waals surface area contributed by atoms with Crippen molar-refractivity contribution < 1.29 is 14.9 Å². The zero-order chi connectivity index (χ0) is 9.30. The van der Waals surface area contributed by atoms with E-state index in [1.807, 2.05) is 25.9 Å². The summed E-state index contributed by atoms with van der Waals surface area (Å²) in [6.07, 6.45) is -1.07. The van der Waals surface area contributed by atoms with Crippen molar-refractivity contribution >= 4 is 0 Å². The predicted octanol–water partition coefficient (Wildman–Crippen LogP) is -0.595. The molecule has 0 radical (unpaired) electrons. The summed E-state index contributed by atoms with van der Waals surface area (Å²) in [7, 11) is 3.78. The van der Waals surface area contributed by atoms with E-state index in [0.717, 1.165) is 6.42 Å². The molecule has 0 spiro atoms. The van der Waals surface area contributed by atoms with Gasteiger partial charge in [0.05, 0.1) is 6.10 Å². The summed E-state index contributed by atoms with van der Waals surface area (Å²) < 4.78 is 5.06. The van der Waals surface area contributed by atoms with Gasteiger partial charge in [0.2, 0.25) is 0 Å². The molecule has 1 aliphatic rings. The van der Waals surface area contributed by atoms with E-state index in [2.05, 4.69) is 0 Å². The Hall–Kier alpha value is -0.160. The molecular weight excluding hydrogens is 158 g/mol. The van der Waals surface area contributed by atoms with Gasteiger partial charge in [-0.2, -0.15) is 0 Å². The molecule has 72 valence electrons. The van der Waals surface area contributed by atoms with Crippen molar-refractivity contribution in [2.75, 3.05) is 14.1 Å². The Morgan fingerprint density at radius 1 is 1.33 bits per heavy atom. The van der Waals surface area contributed by atoms with Gasteiger partial charge in [0.1, 0.15) is 6.10 Å². The van der Waals surface area contributed by atoms with Gasteiger partial charge < -0.3 is 19.8 Å². The lowest BCUT2D eigenvalue weighted by Gasteiger charge is -2.38. The first kappa shape index (κ1) is 9.92. The quantitative estimate of drug-likeness (QED) is 0.559. The SMILES string of the molecule is C[C@@H]1CC(N(C)C)C(O)[C@@H](O)O1. The number of nitrogens with zero attached hydrogens (tertiary/aromatic N) is 1. The van der Waals surface area contributed by atoms with E-state index in [1.165, 1.54) is 0 Å². The first-order valence-electron chi connectivity index (χ1n) is 4.20. The molecule has 4 heteroatoms. The largest absolute Gasteiger partial charge is 0.386 e. The lowest BCUT2D eigenvalue weighted by Crippen LogP contribution is -2.53. The van der Waals surface area contributed by atoms with E-state index >= 15 is 0 Å². The summed E-state index contributed by atoms with van der Waals surface area (Å²) >= 11 is 0. The second-order valence-corrected chi connectivity index (χ2v) is 3.59. The van der Waals surface area contributed by atoms with Gasteiger partial charge in [0.25, 0.3) is 0 Å². The van der Waals surface area contributed by atoms with Crippen molar-refractivity contribution in [1.82, 2.24) is 4.90 Å². The molecule has 2 N–H and O–H groups in total. The molecule has 2 unspecified atom stereocenters. The molecule has 1 heterocycles. The molecular formula is C8H17NO3. The van der Waals surface area contributed by atoms with Gasteiger partial charge in [0.15, 0.2) is 6.29 Å². The predicted molar refractivity (Wildman–Crippen MR) is 44.7 cm³/mol. The maximum atomic E-state index is 9.51. The summed E-state index contributed by atoms with van der Waals surface area (Å²) in [5.74, 6) is 0. The molecule has 1 fully saturated rings. The summed E-state index contributed by atoms with van der Waals surface area (Å²) in [5.41, 5.74) is 0. The monoisotopic (exact) mass is 175 g/mol. The van der Waals surface area contributed by atoms with Crippen LogP contribution >= 0.6 is 0 Å². The highest BCUT2D eigenvalue weighted by Crippen LogP contribution is 2.21.